The molecule has 0 fully saturated rings. The fourth-order valence-corrected chi connectivity index (χ4v) is 1.48. The lowest BCUT2D eigenvalue weighted by Crippen LogP contribution is -2.17. The number of hydrogen-bond donors (Lipinski definition) is 2. The molecule has 1 atom stereocenters. The SMILES string of the molecule is CCOC(=O)C(O)c1cc(C(=O)O)c(C)cc1F. The lowest BCUT2D eigenvalue weighted by Gasteiger charge is -2.12. The van der Waals surface area contributed by atoms with E-state index in [1.165, 1.54) is 6.92 Å². The minimum Gasteiger partial charge on any atom is -0.478 e. The molecular weight excluding hydrogens is 243 g/mol. The molecule has 0 spiro atoms. The molecule has 1 unspecified atom stereocenters. The molecule has 0 aromatic heterocycles. The lowest BCUT2D eigenvalue weighted by atomic mass is 10.0. The standard InChI is InChI=1S/C12H13FO5/c1-3-18-12(17)10(14)8-5-7(11(15)16)6(2)4-9(8)13/h4-5,10,14H,3H2,1-2H3,(H,15,16). The molecule has 98 valence electrons. The smallest absolute Gasteiger partial charge is 0.339 e. The van der Waals surface area contributed by atoms with E-state index in [1.54, 1.807) is 6.92 Å². The summed E-state index contributed by atoms with van der Waals surface area (Å²) in [6.07, 6.45) is -1.83. The van der Waals surface area contributed by atoms with Crippen LogP contribution in [0, 0.1) is 12.7 Å². The van der Waals surface area contributed by atoms with Crippen molar-refractivity contribution in [2.24, 2.45) is 0 Å². The second kappa shape index (κ2) is 5.59. The van der Waals surface area contributed by atoms with Gasteiger partial charge in [-0.1, -0.05) is 0 Å². The van der Waals surface area contributed by atoms with Crippen LogP contribution in [0.25, 0.3) is 0 Å². The van der Waals surface area contributed by atoms with Crippen molar-refractivity contribution < 1.29 is 28.9 Å². The van der Waals surface area contributed by atoms with Crippen LogP contribution in [0.5, 0.6) is 0 Å². The van der Waals surface area contributed by atoms with Gasteiger partial charge in [-0.05, 0) is 31.5 Å². The van der Waals surface area contributed by atoms with Crippen LogP contribution in [0.1, 0.15) is 34.5 Å². The largest absolute Gasteiger partial charge is 0.478 e. The van der Waals surface area contributed by atoms with Crippen molar-refractivity contribution in [2.75, 3.05) is 6.61 Å². The highest BCUT2D eigenvalue weighted by Crippen LogP contribution is 2.22. The van der Waals surface area contributed by atoms with Gasteiger partial charge in [0.05, 0.1) is 12.2 Å². The number of carbonyl (C=O) groups is 2. The zero-order chi connectivity index (χ0) is 13.9. The minimum atomic E-state index is -1.83. The van der Waals surface area contributed by atoms with Crippen LogP contribution in [0.4, 0.5) is 4.39 Å². The number of esters is 1. The van der Waals surface area contributed by atoms with Gasteiger partial charge < -0.3 is 14.9 Å². The van der Waals surface area contributed by atoms with Crippen LogP contribution < -0.4 is 0 Å². The Labute approximate surface area is 103 Å². The van der Waals surface area contributed by atoms with Gasteiger partial charge in [0, 0.05) is 5.56 Å². The molecular formula is C12H13FO5. The average Bonchev–Trinajstić information content (AvgIpc) is 2.28. The normalized spacial score (nSPS) is 12.0. The van der Waals surface area contributed by atoms with Crippen LogP contribution in [-0.4, -0.2) is 28.8 Å². The fraction of sp³-hybridized carbons (Fsp3) is 0.333. The molecule has 0 aliphatic carbocycles. The second-order valence-corrected chi connectivity index (χ2v) is 3.65. The summed E-state index contributed by atoms with van der Waals surface area (Å²) < 4.78 is 18.1. The van der Waals surface area contributed by atoms with E-state index >= 15 is 0 Å². The highest BCUT2D eigenvalue weighted by atomic mass is 19.1. The lowest BCUT2D eigenvalue weighted by molar-refractivity contribution is -0.153. The molecule has 18 heavy (non-hydrogen) atoms. The number of rotatable bonds is 4. The summed E-state index contributed by atoms with van der Waals surface area (Å²) in [5.74, 6) is -3.13. The third-order valence-corrected chi connectivity index (χ3v) is 2.38. The molecule has 0 aliphatic heterocycles. The number of halogens is 1. The predicted molar refractivity (Wildman–Crippen MR) is 59.7 cm³/mol. The summed E-state index contributed by atoms with van der Waals surface area (Å²) in [5, 5.41) is 18.5. The molecule has 0 amide bonds. The fourth-order valence-electron chi connectivity index (χ4n) is 1.48. The van der Waals surface area contributed by atoms with Crippen molar-refractivity contribution >= 4 is 11.9 Å². The van der Waals surface area contributed by atoms with Gasteiger partial charge in [0.25, 0.3) is 0 Å². The van der Waals surface area contributed by atoms with Crippen LogP contribution >= 0.6 is 0 Å². The van der Waals surface area contributed by atoms with Gasteiger partial charge in [0.1, 0.15) is 5.82 Å². The van der Waals surface area contributed by atoms with Crippen molar-refractivity contribution in [1.29, 1.82) is 0 Å². The first-order valence-corrected chi connectivity index (χ1v) is 5.26. The molecule has 0 heterocycles. The third kappa shape index (κ3) is 2.84. The van der Waals surface area contributed by atoms with E-state index in [-0.39, 0.29) is 17.7 Å². The number of carboxylic acids is 1. The van der Waals surface area contributed by atoms with Gasteiger partial charge in [-0.15, -0.1) is 0 Å². The molecule has 1 aromatic rings. The van der Waals surface area contributed by atoms with E-state index in [0.717, 1.165) is 12.1 Å². The molecule has 0 aliphatic rings. The number of hydrogen-bond acceptors (Lipinski definition) is 4. The molecule has 1 aromatic carbocycles. The average molecular weight is 256 g/mol. The predicted octanol–water partition coefficient (Wildman–Crippen LogP) is 1.43. The Bertz CT molecular complexity index is 484. The number of aromatic carboxylic acids is 1. The number of benzene rings is 1. The Morgan fingerprint density at radius 2 is 2.06 bits per heavy atom. The quantitative estimate of drug-likeness (QED) is 0.796. The first-order valence-electron chi connectivity index (χ1n) is 5.26. The Kier molecular flexibility index (Phi) is 4.38. The van der Waals surface area contributed by atoms with E-state index in [1.807, 2.05) is 0 Å². The third-order valence-electron chi connectivity index (χ3n) is 2.38. The van der Waals surface area contributed by atoms with Crippen LogP contribution in [0.2, 0.25) is 0 Å². The maximum atomic E-state index is 13.6. The maximum absolute atomic E-state index is 13.6. The number of carbonyl (C=O) groups excluding carboxylic acids is 1. The summed E-state index contributed by atoms with van der Waals surface area (Å²) in [6, 6.07) is 1.90. The van der Waals surface area contributed by atoms with Crippen molar-refractivity contribution in [3.8, 4) is 0 Å². The van der Waals surface area contributed by atoms with E-state index in [9.17, 15) is 19.1 Å². The number of carboxylic acid groups (broad SMARTS) is 1. The van der Waals surface area contributed by atoms with E-state index in [2.05, 4.69) is 4.74 Å². The molecule has 5 nitrogen and oxygen atoms in total. The Hall–Kier alpha value is -1.95. The summed E-state index contributed by atoms with van der Waals surface area (Å²) in [6.45, 7) is 3.00. The van der Waals surface area contributed by atoms with Gasteiger partial charge in [-0.25, -0.2) is 14.0 Å². The first-order chi connectivity index (χ1) is 8.38. The van der Waals surface area contributed by atoms with Gasteiger partial charge in [-0.2, -0.15) is 0 Å². The second-order valence-electron chi connectivity index (χ2n) is 3.65. The molecule has 0 saturated carbocycles. The van der Waals surface area contributed by atoms with Crippen LogP contribution in [-0.2, 0) is 9.53 Å². The molecule has 1 rings (SSSR count). The van der Waals surface area contributed by atoms with Crippen molar-refractivity contribution in [3.63, 3.8) is 0 Å². The summed E-state index contributed by atoms with van der Waals surface area (Å²) >= 11 is 0. The van der Waals surface area contributed by atoms with Gasteiger partial charge in [0.15, 0.2) is 6.10 Å². The first kappa shape index (κ1) is 14.1. The van der Waals surface area contributed by atoms with Crippen molar-refractivity contribution in [3.05, 3.63) is 34.6 Å². The molecule has 2 N–H and O–H groups in total. The number of aliphatic hydroxyl groups excluding tert-OH is 1. The van der Waals surface area contributed by atoms with Gasteiger partial charge in [0.2, 0.25) is 0 Å². The summed E-state index contributed by atoms with van der Waals surface area (Å²) in [5.41, 5.74) is -0.369. The van der Waals surface area contributed by atoms with E-state index in [0.29, 0.717) is 0 Å². The Morgan fingerprint density at radius 3 is 2.56 bits per heavy atom. The van der Waals surface area contributed by atoms with Crippen LogP contribution in [0.15, 0.2) is 12.1 Å². The summed E-state index contributed by atoms with van der Waals surface area (Å²) in [7, 11) is 0. The zero-order valence-corrected chi connectivity index (χ0v) is 9.94. The Balaban J connectivity index is 3.20. The number of ether oxygens (including phenoxy) is 1. The maximum Gasteiger partial charge on any atom is 0.339 e. The summed E-state index contributed by atoms with van der Waals surface area (Å²) in [4.78, 5) is 22.2. The van der Waals surface area contributed by atoms with E-state index in [4.69, 9.17) is 5.11 Å². The highest BCUT2D eigenvalue weighted by Gasteiger charge is 2.24. The van der Waals surface area contributed by atoms with Gasteiger partial charge in [-0.3, -0.25) is 0 Å². The molecule has 0 saturated heterocycles. The molecule has 0 bridgehead atoms. The monoisotopic (exact) mass is 256 g/mol. The molecule has 6 heteroatoms. The topological polar surface area (TPSA) is 83.8 Å². The minimum absolute atomic E-state index is 0.0369. The number of aliphatic hydroxyl groups is 1. The number of aryl methyl sites for hydroxylation is 1. The molecule has 0 radical (unpaired) electrons. The van der Waals surface area contributed by atoms with E-state index < -0.39 is 29.4 Å². The van der Waals surface area contributed by atoms with Crippen molar-refractivity contribution in [1.82, 2.24) is 0 Å². The zero-order valence-electron chi connectivity index (χ0n) is 9.94. The van der Waals surface area contributed by atoms with Crippen molar-refractivity contribution in [2.45, 2.75) is 20.0 Å². The van der Waals surface area contributed by atoms with Crippen LogP contribution in [0.3, 0.4) is 0 Å². The Morgan fingerprint density at radius 1 is 1.44 bits per heavy atom. The van der Waals surface area contributed by atoms with Gasteiger partial charge >= 0.3 is 11.9 Å². The highest BCUT2D eigenvalue weighted by molar-refractivity contribution is 5.90.